The van der Waals surface area contributed by atoms with E-state index in [0.717, 1.165) is 37.3 Å². The molecule has 0 aromatic heterocycles. The van der Waals surface area contributed by atoms with Gasteiger partial charge >= 0.3 is 0 Å². The van der Waals surface area contributed by atoms with E-state index in [1.165, 1.54) is 0 Å². The first-order valence-electron chi connectivity index (χ1n) is 8.86. The SMILES string of the molecule is CCN(CC)CCCC(=O)N(Cc1ccccc1)c1ccccc1. The number of rotatable bonds is 9. The second-order valence-corrected chi connectivity index (χ2v) is 5.93. The molecule has 0 aliphatic heterocycles. The monoisotopic (exact) mass is 324 g/mol. The molecule has 2 aromatic carbocycles. The highest BCUT2D eigenvalue weighted by molar-refractivity contribution is 5.93. The van der Waals surface area contributed by atoms with Crippen molar-refractivity contribution in [2.24, 2.45) is 0 Å². The Morgan fingerprint density at radius 1 is 0.875 bits per heavy atom. The quantitative estimate of drug-likeness (QED) is 0.685. The van der Waals surface area contributed by atoms with Crippen LogP contribution in [-0.2, 0) is 11.3 Å². The normalized spacial score (nSPS) is 10.8. The Kier molecular flexibility index (Phi) is 7.50. The van der Waals surface area contributed by atoms with Gasteiger partial charge in [0, 0.05) is 12.1 Å². The molecule has 0 unspecified atom stereocenters. The van der Waals surface area contributed by atoms with Crippen molar-refractivity contribution in [2.45, 2.75) is 33.2 Å². The molecular formula is C21H28N2O. The maximum atomic E-state index is 12.8. The molecule has 3 heteroatoms. The van der Waals surface area contributed by atoms with E-state index in [1.54, 1.807) is 0 Å². The van der Waals surface area contributed by atoms with Crippen LogP contribution in [0.25, 0.3) is 0 Å². The molecule has 24 heavy (non-hydrogen) atoms. The molecule has 2 aromatic rings. The Bertz CT molecular complexity index is 594. The minimum Gasteiger partial charge on any atom is -0.308 e. The van der Waals surface area contributed by atoms with Gasteiger partial charge < -0.3 is 9.80 Å². The van der Waals surface area contributed by atoms with Crippen LogP contribution in [0.2, 0.25) is 0 Å². The molecule has 0 saturated carbocycles. The maximum absolute atomic E-state index is 12.8. The number of carbonyl (C=O) groups is 1. The number of para-hydroxylation sites is 1. The number of benzene rings is 2. The van der Waals surface area contributed by atoms with Crippen molar-refractivity contribution < 1.29 is 4.79 Å². The van der Waals surface area contributed by atoms with E-state index in [1.807, 2.05) is 53.4 Å². The van der Waals surface area contributed by atoms with E-state index in [0.29, 0.717) is 13.0 Å². The summed E-state index contributed by atoms with van der Waals surface area (Å²) in [6.45, 7) is 8.00. The highest BCUT2D eigenvalue weighted by Gasteiger charge is 2.16. The fourth-order valence-corrected chi connectivity index (χ4v) is 2.83. The minimum atomic E-state index is 0.192. The van der Waals surface area contributed by atoms with E-state index in [9.17, 15) is 4.79 Å². The Balaban J connectivity index is 2.04. The predicted octanol–water partition coefficient (Wildman–Crippen LogP) is 4.34. The van der Waals surface area contributed by atoms with Crippen LogP contribution in [0, 0.1) is 0 Å². The Morgan fingerprint density at radius 2 is 1.46 bits per heavy atom. The summed E-state index contributed by atoms with van der Waals surface area (Å²) < 4.78 is 0. The second-order valence-electron chi connectivity index (χ2n) is 5.93. The zero-order chi connectivity index (χ0) is 17.2. The van der Waals surface area contributed by atoms with Crippen molar-refractivity contribution in [2.75, 3.05) is 24.5 Å². The zero-order valence-electron chi connectivity index (χ0n) is 14.8. The average Bonchev–Trinajstić information content (AvgIpc) is 2.64. The summed E-state index contributed by atoms with van der Waals surface area (Å²) in [6, 6.07) is 20.1. The first kappa shape index (κ1) is 18.2. The lowest BCUT2D eigenvalue weighted by atomic mass is 10.1. The smallest absolute Gasteiger partial charge is 0.227 e. The topological polar surface area (TPSA) is 23.6 Å². The molecule has 0 fully saturated rings. The number of hydrogen-bond donors (Lipinski definition) is 0. The number of anilines is 1. The first-order valence-corrected chi connectivity index (χ1v) is 8.86. The third-order valence-electron chi connectivity index (χ3n) is 4.31. The fraction of sp³-hybridized carbons (Fsp3) is 0.381. The molecule has 0 aliphatic rings. The van der Waals surface area contributed by atoms with Crippen LogP contribution in [0.15, 0.2) is 60.7 Å². The van der Waals surface area contributed by atoms with Gasteiger partial charge in [-0.2, -0.15) is 0 Å². The predicted molar refractivity (Wildman–Crippen MR) is 101 cm³/mol. The molecule has 0 heterocycles. The molecule has 128 valence electrons. The highest BCUT2D eigenvalue weighted by atomic mass is 16.2. The van der Waals surface area contributed by atoms with Gasteiger partial charge in [0.25, 0.3) is 0 Å². The van der Waals surface area contributed by atoms with Gasteiger partial charge in [0.2, 0.25) is 5.91 Å². The first-order chi connectivity index (χ1) is 11.7. The van der Waals surface area contributed by atoms with E-state index < -0.39 is 0 Å². The summed E-state index contributed by atoms with van der Waals surface area (Å²) in [6.07, 6.45) is 1.48. The minimum absolute atomic E-state index is 0.192. The third-order valence-corrected chi connectivity index (χ3v) is 4.31. The van der Waals surface area contributed by atoms with E-state index in [4.69, 9.17) is 0 Å². The van der Waals surface area contributed by atoms with Crippen LogP contribution >= 0.6 is 0 Å². The lowest BCUT2D eigenvalue weighted by molar-refractivity contribution is -0.118. The van der Waals surface area contributed by atoms with E-state index in [-0.39, 0.29) is 5.91 Å². The van der Waals surface area contributed by atoms with E-state index >= 15 is 0 Å². The van der Waals surface area contributed by atoms with E-state index in [2.05, 4.69) is 30.9 Å². The Morgan fingerprint density at radius 3 is 2.04 bits per heavy atom. The van der Waals surface area contributed by atoms with Gasteiger partial charge in [0.15, 0.2) is 0 Å². The summed E-state index contributed by atoms with van der Waals surface area (Å²) >= 11 is 0. The molecule has 0 N–H and O–H groups in total. The maximum Gasteiger partial charge on any atom is 0.227 e. The van der Waals surface area contributed by atoms with Crippen LogP contribution in [-0.4, -0.2) is 30.4 Å². The zero-order valence-corrected chi connectivity index (χ0v) is 14.8. The van der Waals surface area contributed by atoms with Gasteiger partial charge in [0.05, 0.1) is 6.54 Å². The van der Waals surface area contributed by atoms with Gasteiger partial charge in [-0.3, -0.25) is 4.79 Å². The van der Waals surface area contributed by atoms with Crippen LogP contribution in [0.5, 0.6) is 0 Å². The number of amides is 1. The van der Waals surface area contributed by atoms with Gasteiger partial charge in [-0.05, 0) is 43.8 Å². The van der Waals surface area contributed by atoms with Gasteiger partial charge in [0.1, 0.15) is 0 Å². The molecule has 0 spiro atoms. The molecule has 0 radical (unpaired) electrons. The fourth-order valence-electron chi connectivity index (χ4n) is 2.83. The molecule has 2 rings (SSSR count). The number of nitrogens with zero attached hydrogens (tertiary/aromatic N) is 2. The molecule has 3 nitrogen and oxygen atoms in total. The van der Waals surface area contributed by atoms with Crippen LogP contribution < -0.4 is 4.90 Å². The van der Waals surface area contributed by atoms with Crippen molar-refractivity contribution in [1.82, 2.24) is 4.90 Å². The molecular weight excluding hydrogens is 296 g/mol. The molecule has 0 saturated heterocycles. The standard InChI is InChI=1S/C21H28N2O/c1-3-22(4-2)17-11-16-21(24)23(20-14-9-6-10-15-20)18-19-12-7-5-8-13-19/h5-10,12-15H,3-4,11,16-18H2,1-2H3. The third kappa shape index (κ3) is 5.50. The number of hydrogen-bond acceptors (Lipinski definition) is 2. The van der Waals surface area contributed by atoms with Gasteiger partial charge in [-0.15, -0.1) is 0 Å². The largest absolute Gasteiger partial charge is 0.308 e. The summed E-state index contributed by atoms with van der Waals surface area (Å²) in [5.41, 5.74) is 2.12. The van der Waals surface area contributed by atoms with Crippen molar-refractivity contribution in [3.63, 3.8) is 0 Å². The Hall–Kier alpha value is -2.13. The van der Waals surface area contributed by atoms with Crippen molar-refractivity contribution in [3.05, 3.63) is 66.2 Å². The molecule has 0 aliphatic carbocycles. The lowest BCUT2D eigenvalue weighted by Gasteiger charge is -2.24. The summed E-state index contributed by atoms with van der Waals surface area (Å²) in [4.78, 5) is 17.1. The van der Waals surface area contributed by atoms with Crippen molar-refractivity contribution in [1.29, 1.82) is 0 Å². The highest BCUT2D eigenvalue weighted by Crippen LogP contribution is 2.18. The van der Waals surface area contributed by atoms with Gasteiger partial charge in [-0.1, -0.05) is 62.4 Å². The van der Waals surface area contributed by atoms with Crippen molar-refractivity contribution >= 4 is 11.6 Å². The summed E-state index contributed by atoms with van der Waals surface area (Å²) in [7, 11) is 0. The van der Waals surface area contributed by atoms with Crippen molar-refractivity contribution in [3.8, 4) is 0 Å². The Labute approximate surface area is 145 Å². The molecule has 0 atom stereocenters. The van der Waals surface area contributed by atoms with Crippen LogP contribution in [0.1, 0.15) is 32.3 Å². The second kappa shape index (κ2) is 9.89. The number of carbonyl (C=O) groups excluding carboxylic acids is 1. The van der Waals surface area contributed by atoms with Gasteiger partial charge in [-0.25, -0.2) is 0 Å². The molecule has 1 amide bonds. The average molecular weight is 324 g/mol. The van der Waals surface area contributed by atoms with Crippen LogP contribution in [0.4, 0.5) is 5.69 Å². The summed E-state index contributed by atoms with van der Waals surface area (Å²) in [5, 5.41) is 0. The van der Waals surface area contributed by atoms with Crippen LogP contribution in [0.3, 0.4) is 0 Å². The summed E-state index contributed by atoms with van der Waals surface area (Å²) in [5.74, 6) is 0.192. The lowest BCUT2D eigenvalue weighted by Crippen LogP contribution is -2.31. The molecule has 0 bridgehead atoms.